The number of halogens is 1. The molecule has 2 N–H and O–H groups in total. The van der Waals surface area contributed by atoms with Crippen LogP contribution in [0.3, 0.4) is 0 Å². The number of rotatable bonds is 4. The Hall–Kier alpha value is -3.29. The first-order valence-corrected chi connectivity index (χ1v) is 7.28. The number of hydrogen-bond acceptors (Lipinski definition) is 4. The molecule has 120 valence electrons. The number of carboxylic acid groups (broad SMARTS) is 1. The molecular weight excluding hydrogens is 313 g/mol. The smallest absolute Gasteiger partial charge is 0.305 e. The summed E-state index contributed by atoms with van der Waals surface area (Å²) in [5, 5.41) is 10.2. The fourth-order valence-electron chi connectivity index (χ4n) is 2.79. The second-order valence-corrected chi connectivity index (χ2v) is 5.36. The number of pyridine rings is 1. The molecule has 0 atom stereocenters. The average Bonchev–Trinajstić information content (AvgIpc) is 3.16. The highest BCUT2D eigenvalue weighted by atomic mass is 19.1. The van der Waals surface area contributed by atoms with Crippen LogP contribution in [0.15, 0.2) is 37.1 Å². The maximum absolute atomic E-state index is 13.5. The van der Waals surface area contributed by atoms with Crippen LogP contribution in [0.4, 0.5) is 4.39 Å². The molecule has 0 aliphatic rings. The van der Waals surface area contributed by atoms with Crippen molar-refractivity contribution >= 4 is 28.0 Å². The molecule has 4 heterocycles. The van der Waals surface area contributed by atoms with Crippen LogP contribution >= 0.6 is 0 Å². The van der Waals surface area contributed by atoms with Gasteiger partial charge in [0.2, 0.25) is 0 Å². The van der Waals surface area contributed by atoms with Gasteiger partial charge in [0.25, 0.3) is 0 Å². The highest BCUT2D eigenvalue weighted by Crippen LogP contribution is 2.31. The number of nitrogens with zero attached hydrogens (tertiary/aromatic N) is 4. The van der Waals surface area contributed by atoms with Gasteiger partial charge in [0.15, 0.2) is 0 Å². The summed E-state index contributed by atoms with van der Waals surface area (Å²) in [5.74, 6) is -1.29. The molecular formula is C16H12FN5O2. The Morgan fingerprint density at radius 3 is 3.00 bits per heavy atom. The molecule has 8 heteroatoms. The molecule has 0 radical (unpaired) electrons. The van der Waals surface area contributed by atoms with E-state index in [1.54, 1.807) is 17.0 Å². The lowest BCUT2D eigenvalue weighted by Gasteiger charge is -2.04. The van der Waals surface area contributed by atoms with Gasteiger partial charge in [-0.25, -0.2) is 19.3 Å². The fraction of sp³-hybridized carbons (Fsp3) is 0.125. The Balaban J connectivity index is 1.87. The number of aryl methyl sites for hydroxylation is 1. The third-order valence-electron chi connectivity index (χ3n) is 3.88. The largest absolute Gasteiger partial charge is 0.481 e. The maximum atomic E-state index is 13.5. The van der Waals surface area contributed by atoms with Gasteiger partial charge in [-0.15, -0.1) is 0 Å². The Labute approximate surface area is 134 Å². The Morgan fingerprint density at radius 2 is 2.17 bits per heavy atom. The number of aliphatic carboxylic acids is 1. The lowest BCUT2D eigenvalue weighted by atomic mass is 10.1. The predicted octanol–water partition coefficient (Wildman–Crippen LogP) is 2.59. The van der Waals surface area contributed by atoms with Crippen molar-refractivity contribution in [2.45, 2.75) is 13.0 Å². The summed E-state index contributed by atoms with van der Waals surface area (Å²) in [6.45, 7) is 0.319. The lowest BCUT2D eigenvalue weighted by Crippen LogP contribution is -2.04. The number of aromatic amines is 1. The number of hydrogen-bond donors (Lipinski definition) is 2. The molecule has 0 saturated heterocycles. The fourth-order valence-corrected chi connectivity index (χ4v) is 2.79. The monoisotopic (exact) mass is 325 g/mol. The van der Waals surface area contributed by atoms with Crippen LogP contribution in [-0.2, 0) is 11.3 Å². The standard InChI is InChI=1S/C16H12FN5O2/c17-9-5-11-12(7-19-15(11)18-6-9)14-10-1-3-22(4-2-13(23)24)16(10)21-8-20-14/h1,3,5-8H,2,4H2,(H,18,19)(H,23,24). The van der Waals surface area contributed by atoms with Gasteiger partial charge >= 0.3 is 5.97 Å². The van der Waals surface area contributed by atoms with Gasteiger partial charge in [0, 0.05) is 35.3 Å². The first-order chi connectivity index (χ1) is 11.6. The minimum atomic E-state index is -0.871. The van der Waals surface area contributed by atoms with Crippen LogP contribution in [0, 0.1) is 5.82 Å². The second kappa shape index (κ2) is 5.41. The molecule has 4 rings (SSSR count). The Morgan fingerprint density at radius 1 is 1.29 bits per heavy atom. The summed E-state index contributed by atoms with van der Waals surface area (Å²) >= 11 is 0. The van der Waals surface area contributed by atoms with Crippen LogP contribution < -0.4 is 0 Å². The van der Waals surface area contributed by atoms with Crippen molar-refractivity contribution in [2.24, 2.45) is 0 Å². The number of aromatic nitrogens is 5. The summed E-state index contributed by atoms with van der Waals surface area (Å²) in [7, 11) is 0. The molecule has 0 unspecified atom stereocenters. The zero-order chi connectivity index (χ0) is 16.7. The topological polar surface area (TPSA) is 96.7 Å². The van der Waals surface area contributed by atoms with Gasteiger partial charge in [-0.2, -0.15) is 0 Å². The summed E-state index contributed by atoms with van der Waals surface area (Å²) in [5.41, 5.74) is 2.58. The van der Waals surface area contributed by atoms with E-state index < -0.39 is 11.8 Å². The molecule has 0 amide bonds. The predicted molar refractivity (Wildman–Crippen MR) is 84.8 cm³/mol. The van der Waals surface area contributed by atoms with Crippen LogP contribution in [0.25, 0.3) is 33.3 Å². The highest BCUT2D eigenvalue weighted by molar-refractivity contribution is 6.00. The number of carbonyl (C=O) groups is 1. The van der Waals surface area contributed by atoms with Gasteiger partial charge in [0.1, 0.15) is 23.4 Å². The first-order valence-electron chi connectivity index (χ1n) is 7.28. The van der Waals surface area contributed by atoms with E-state index in [9.17, 15) is 9.18 Å². The van der Waals surface area contributed by atoms with E-state index in [0.29, 0.717) is 28.9 Å². The molecule has 0 bridgehead atoms. The Bertz CT molecular complexity index is 1070. The Kier molecular flexibility index (Phi) is 3.23. The van der Waals surface area contributed by atoms with E-state index in [2.05, 4.69) is 19.9 Å². The molecule has 0 aliphatic heterocycles. The van der Waals surface area contributed by atoms with E-state index >= 15 is 0 Å². The van der Waals surface area contributed by atoms with Crippen LogP contribution in [0.5, 0.6) is 0 Å². The molecule has 0 aliphatic carbocycles. The molecule has 0 spiro atoms. The zero-order valence-electron chi connectivity index (χ0n) is 12.4. The van der Waals surface area contributed by atoms with E-state index in [1.807, 2.05) is 6.07 Å². The van der Waals surface area contributed by atoms with Gasteiger partial charge in [-0.3, -0.25) is 4.79 Å². The summed E-state index contributed by atoms with van der Waals surface area (Å²) in [6, 6.07) is 3.24. The molecule has 0 saturated carbocycles. The van der Waals surface area contributed by atoms with Gasteiger partial charge in [0.05, 0.1) is 18.3 Å². The van der Waals surface area contributed by atoms with E-state index in [0.717, 1.165) is 17.1 Å². The van der Waals surface area contributed by atoms with Gasteiger partial charge in [-0.05, 0) is 12.1 Å². The second-order valence-electron chi connectivity index (χ2n) is 5.36. The summed E-state index contributed by atoms with van der Waals surface area (Å²) < 4.78 is 15.3. The molecule has 0 aromatic carbocycles. The van der Waals surface area contributed by atoms with E-state index in [-0.39, 0.29) is 6.42 Å². The number of H-pyrrole nitrogens is 1. The first kappa shape index (κ1) is 14.3. The van der Waals surface area contributed by atoms with Crippen molar-refractivity contribution < 1.29 is 14.3 Å². The lowest BCUT2D eigenvalue weighted by molar-refractivity contribution is -0.137. The van der Waals surface area contributed by atoms with Crippen molar-refractivity contribution in [1.82, 2.24) is 24.5 Å². The highest BCUT2D eigenvalue weighted by Gasteiger charge is 2.15. The quantitative estimate of drug-likeness (QED) is 0.601. The van der Waals surface area contributed by atoms with Crippen LogP contribution in [0.2, 0.25) is 0 Å². The average molecular weight is 325 g/mol. The van der Waals surface area contributed by atoms with Crippen molar-refractivity contribution in [3.63, 3.8) is 0 Å². The number of nitrogens with one attached hydrogen (secondary N) is 1. The third kappa shape index (κ3) is 2.28. The number of carboxylic acids is 1. The van der Waals surface area contributed by atoms with Crippen molar-refractivity contribution in [2.75, 3.05) is 0 Å². The molecule has 4 aromatic heterocycles. The molecule has 7 nitrogen and oxygen atoms in total. The number of fused-ring (bicyclic) bond motifs is 2. The molecule has 24 heavy (non-hydrogen) atoms. The SMILES string of the molecule is O=C(O)CCn1ccc2c(-c3c[nH]c4ncc(F)cc34)ncnc21. The molecule has 4 aromatic rings. The van der Waals surface area contributed by atoms with Crippen molar-refractivity contribution in [3.8, 4) is 11.3 Å². The summed E-state index contributed by atoms with van der Waals surface area (Å²) in [6.07, 6.45) is 6.08. The van der Waals surface area contributed by atoms with Crippen molar-refractivity contribution in [3.05, 3.63) is 42.9 Å². The van der Waals surface area contributed by atoms with Gasteiger partial charge in [-0.1, -0.05) is 0 Å². The van der Waals surface area contributed by atoms with Crippen LogP contribution in [-0.4, -0.2) is 35.6 Å². The minimum absolute atomic E-state index is 0.00529. The normalized spacial score (nSPS) is 11.4. The van der Waals surface area contributed by atoms with E-state index in [4.69, 9.17) is 5.11 Å². The third-order valence-corrected chi connectivity index (χ3v) is 3.88. The van der Waals surface area contributed by atoms with E-state index in [1.165, 1.54) is 12.4 Å². The van der Waals surface area contributed by atoms with Gasteiger partial charge < -0.3 is 14.7 Å². The maximum Gasteiger partial charge on any atom is 0.305 e. The summed E-state index contributed by atoms with van der Waals surface area (Å²) in [4.78, 5) is 26.4. The molecule has 0 fully saturated rings. The minimum Gasteiger partial charge on any atom is -0.481 e. The van der Waals surface area contributed by atoms with Crippen molar-refractivity contribution in [1.29, 1.82) is 0 Å². The zero-order valence-corrected chi connectivity index (χ0v) is 12.4. The van der Waals surface area contributed by atoms with Crippen LogP contribution in [0.1, 0.15) is 6.42 Å².